The number of benzene rings is 2. The number of imidazole rings is 1. The molecule has 0 saturated carbocycles. The van der Waals surface area contributed by atoms with E-state index in [0.717, 1.165) is 23.0 Å². The second-order valence-electron chi connectivity index (χ2n) is 6.61. The smallest absolute Gasteiger partial charge is 0.230 e. The third-order valence-electron chi connectivity index (χ3n) is 4.46. The number of rotatable bonds is 8. The van der Waals surface area contributed by atoms with E-state index in [-0.39, 0.29) is 5.91 Å². The van der Waals surface area contributed by atoms with Gasteiger partial charge in [0.15, 0.2) is 5.16 Å². The number of ether oxygens (including phenoxy) is 1. The Morgan fingerprint density at radius 3 is 2.71 bits per heavy atom. The summed E-state index contributed by atoms with van der Waals surface area (Å²) in [6.45, 7) is 4.76. The Labute approximate surface area is 170 Å². The zero-order chi connectivity index (χ0) is 19.9. The summed E-state index contributed by atoms with van der Waals surface area (Å²) in [6, 6.07) is 14.2. The van der Waals surface area contributed by atoms with Crippen LogP contribution in [0.2, 0.25) is 0 Å². The lowest BCUT2D eigenvalue weighted by atomic mass is 10.1. The highest BCUT2D eigenvalue weighted by atomic mass is 32.2. The first-order valence-electron chi connectivity index (χ1n) is 9.20. The molecule has 0 atom stereocenters. The van der Waals surface area contributed by atoms with Crippen molar-refractivity contribution in [2.24, 2.45) is 0 Å². The van der Waals surface area contributed by atoms with Crippen molar-refractivity contribution in [1.29, 1.82) is 0 Å². The Hall–Kier alpha value is -2.73. The molecule has 0 aliphatic rings. The Balaban J connectivity index is 1.51. The summed E-state index contributed by atoms with van der Waals surface area (Å²) in [6.07, 6.45) is 4.49. The SMILES string of the molecule is COc1ccc(CCNC(=O)CSc2nccn2-c2cc(C)ccc2C)cc1. The minimum absolute atomic E-state index is 0.00836. The standard InChI is InChI=1S/C22H25N3O2S/c1-16-4-5-17(2)20(14-16)25-13-12-24-22(25)28-15-21(26)23-11-10-18-6-8-19(27-3)9-7-18/h4-9,12-14H,10-11,15H2,1-3H3,(H,23,26). The first-order chi connectivity index (χ1) is 13.6. The predicted molar refractivity (Wildman–Crippen MR) is 113 cm³/mol. The normalized spacial score (nSPS) is 10.7. The molecule has 0 spiro atoms. The van der Waals surface area contributed by atoms with Gasteiger partial charge in [0.25, 0.3) is 0 Å². The van der Waals surface area contributed by atoms with Crippen LogP contribution in [0.5, 0.6) is 5.75 Å². The third kappa shape index (κ3) is 5.16. The van der Waals surface area contributed by atoms with Gasteiger partial charge in [-0.05, 0) is 55.2 Å². The highest BCUT2D eigenvalue weighted by molar-refractivity contribution is 7.99. The quantitative estimate of drug-likeness (QED) is 0.587. The number of nitrogens with one attached hydrogen (secondary N) is 1. The second-order valence-corrected chi connectivity index (χ2v) is 7.55. The van der Waals surface area contributed by atoms with Crippen LogP contribution < -0.4 is 10.1 Å². The molecule has 0 unspecified atom stereocenters. The lowest BCUT2D eigenvalue weighted by Gasteiger charge is -2.11. The third-order valence-corrected chi connectivity index (χ3v) is 5.43. The molecule has 28 heavy (non-hydrogen) atoms. The molecule has 146 valence electrons. The molecule has 5 nitrogen and oxygen atoms in total. The summed E-state index contributed by atoms with van der Waals surface area (Å²) in [5, 5.41) is 3.79. The minimum atomic E-state index is 0.00836. The van der Waals surface area contributed by atoms with Crippen molar-refractivity contribution >= 4 is 17.7 Å². The predicted octanol–water partition coefficient (Wildman–Crippen LogP) is 3.95. The average Bonchev–Trinajstić information content (AvgIpc) is 3.17. The number of carbonyl (C=O) groups excluding carboxylic acids is 1. The molecule has 6 heteroatoms. The Morgan fingerprint density at radius 1 is 1.18 bits per heavy atom. The Kier molecular flexibility index (Phi) is 6.76. The van der Waals surface area contributed by atoms with Crippen LogP contribution >= 0.6 is 11.8 Å². The van der Waals surface area contributed by atoms with E-state index in [9.17, 15) is 4.79 Å². The van der Waals surface area contributed by atoms with Crippen LogP contribution in [-0.4, -0.2) is 34.9 Å². The molecule has 0 aliphatic heterocycles. The molecule has 1 heterocycles. The maximum Gasteiger partial charge on any atom is 0.230 e. The zero-order valence-electron chi connectivity index (χ0n) is 16.4. The number of nitrogens with zero attached hydrogens (tertiary/aromatic N) is 2. The Bertz CT molecular complexity index is 935. The van der Waals surface area contributed by atoms with Gasteiger partial charge in [0.05, 0.1) is 18.6 Å². The summed E-state index contributed by atoms with van der Waals surface area (Å²) in [4.78, 5) is 16.6. The van der Waals surface area contributed by atoms with Crippen LogP contribution in [0.1, 0.15) is 16.7 Å². The first-order valence-corrected chi connectivity index (χ1v) is 10.2. The lowest BCUT2D eigenvalue weighted by Crippen LogP contribution is -2.27. The van der Waals surface area contributed by atoms with Crippen molar-refractivity contribution in [3.8, 4) is 11.4 Å². The van der Waals surface area contributed by atoms with Crippen LogP contribution in [0.15, 0.2) is 60.0 Å². The van der Waals surface area contributed by atoms with E-state index in [1.54, 1.807) is 13.3 Å². The van der Waals surface area contributed by atoms with E-state index in [4.69, 9.17) is 4.74 Å². The number of hydrogen-bond donors (Lipinski definition) is 1. The molecule has 1 aromatic heterocycles. The van der Waals surface area contributed by atoms with Crippen molar-refractivity contribution in [1.82, 2.24) is 14.9 Å². The van der Waals surface area contributed by atoms with Gasteiger partial charge in [0.1, 0.15) is 5.75 Å². The van der Waals surface area contributed by atoms with E-state index in [1.165, 1.54) is 28.5 Å². The highest BCUT2D eigenvalue weighted by Crippen LogP contribution is 2.23. The van der Waals surface area contributed by atoms with E-state index >= 15 is 0 Å². The minimum Gasteiger partial charge on any atom is -0.497 e. The molecule has 0 aliphatic carbocycles. The summed E-state index contributed by atoms with van der Waals surface area (Å²) < 4.78 is 7.19. The van der Waals surface area contributed by atoms with Crippen molar-refractivity contribution < 1.29 is 9.53 Å². The van der Waals surface area contributed by atoms with Gasteiger partial charge >= 0.3 is 0 Å². The van der Waals surface area contributed by atoms with Crippen LogP contribution in [0, 0.1) is 13.8 Å². The summed E-state index contributed by atoms with van der Waals surface area (Å²) in [7, 11) is 1.65. The maximum absolute atomic E-state index is 12.2. The van der Waals surface area contributed by atoms with E-state index < -0.39 is 0 Å². The maximum atomic E-state index is 12.2. The van der Waals surface area contributed by atoms with Gasteiger partial charge in [-0.1, -0.05) is 36.0 Å². The molecule has 0 bridgehead atoms. The largest absolute Gasteiger partial charge is 0.497 e. The van der Waals surface area contributed by atoms with E-state index in [0.29, 0.717) is 12.3 Å². The van der Waals surface area contributed by atoms with Gasteiger partial charge in [-0.2, -0.15) is 0 Å². The van der Waals surface area contributed by atoms with Crippen LogP contribution in [0.3, 0.4) is 0 Å². The molecule has 3 rings (SSSR count). The summed E-state index contributed by atoms with van der Waals surface area (Å²) >= 11 is 1.45. The number of aromatic nitrogens is 2. The number of aryl methyl sites for hydroxylation is 2. The molecular formula is C22H25N3O2S. The van der Waals surface area contributed by atoms with Gasteiger partial charge in [-0.25, -0.2) is 4.98 Å². The zero-order valence-corrected chi connectivity index (χ0v) is 17.3. The molecular weight excluding hydrogens is 370 g/mol. The average molecular weight is 396 g/mol. The molecule has 1 N–H and O–H groups in total. The molecule has 1 amide bonds. The van der Waals surface area contributed by atoms with Gasteiger partial charge in [-0.3, -0.25) is 9.36 Å². The molecule has 3 aromatic rings. The lowest BCUT2D eigenvalue weighted by molar-refractivity contribution is -0.118. The van der Waals surface area contributed by atoms with Gasteiger partial charge in [-0.15, -0.1) is 0 Å². The number of thioether (sulfide) groups is 1. The molecule has 0 radical (unpaired) electrons. The van der Waals surface area contributed by atoms with Crippen LogP contribution in [0.4, 0.5) is 0 Å². The van der Waals surface area contributed by atoms with Crippen LogP contribution in [0.25, 0.3) is 5.69 Å². The fraction of sp³-hybridized carbons (Fsp3) is 0.273. The van der Waals surface area contributed by atoms with Crippen molar-refractivity contribution in [3.05, 3.63) is 71.5 Å². The number of methoxy groups -OCH3 is 1. The fourth-order valence-corrected chi connectivity index (χ4v) is 3.67. The van der Waals surface area contributed by atoms with Gasteiger partial charge in [0, 0.05) is 18.9 Å². The number of carbonyl (C=O) groups is 1. The van der Waals surface area contributed by atoms with Crippen molar-refractivity contribution in [2.75, 3.05) is 19.4 Å². The first kappa shape index (κ1) is 20.0. The molecule has 0 fully saturated rings. The summed E-state index contributed by atoms with van der Waals surface area (Å²) in [5.74, 6) is 1.18. The van der Waals surface area contributed by atoms with Gasteiger partial charge in [0.2, 0.25) is 5.91 Å². The highest BCUT2D eigenvalue weighted by Gasteiger charge is 2.11. The second kappa shape index (κ2) is 9.46. The van der Waals surface area contributed by atoms with Crippen molar-refractivity contribution in [2.45, 2.75) is 25.4 Å². The topological polar surface area (TPSA) is 56.1 Å². The monoisotopic (exact) mass is 395 g/mol. The molecule has 0 saturated heterocycles. The fourth-order valence-electron chi connectivity index (χ4n) is 2.88. The molecule has 2 aromatic carbocycles. The number of hydrogen-bond acceptors (Lipinski definition) is 4. The van der Waals surface area contributed by atoms with Gasteiger partial charge < -0.3 is 10.1 Å². The van der Waals surface area contributed by atoms with E-state index in [2.05, 4.69) is 42.3 Å². The van der Waals surface area contributed by atoms with Crippen molar-refractivity contribution in [3.63, 3.8) is 0 Å². The van der Waals surface area contributed by atoms with E-state index in [1.807, 2.05) is 35.0 Å². The number of amides is 1. The van der Waals surface area contributed by atoms with Crippen LogP contribution in [-0.2, 0) is 11.2 Å². The Morgan fingerprint density at radius 2 is 1.96 bits per heavy atom. The summed E-state index contributed by atoms with van der Waals surface area (Å²) in [5.41, 5.74) is 4.63.